The van der Waals surface area contributed by atoms with Gasteiger partial charge in [0.2, 0.25) is 0 Å². The lowest BCUT2D eigenvalue weighted by molar-refractivity contribution is -0.383. The van der Waals surface area contributed by atoms with E-state index < -0.39 is 19.5 Å². The zero-order valence-electron chi connectivity index (χ0n) is 11.0. The molecular weight excluding hydrogens is 270 g/mol. The number of nitrogens with one attached hydrogen (secondary N) is 1. The Morgan fingerprint density at radius 3 is 2.42 bits per heavy atom. The molecule has 0 aliphatic rings. The van der Waals surface area contributed by atoms with Gasteiger partial charge in [-0.25, -0.2) is 8.42 Å². The third-order valence-corrected chi connectivity index (χ3v) is 5.10. The van der Waals surface area contributed by atoms with Crippen molar-refractivity contribution in [2.45, 2.75) is 18.6 Å². The van der Waals surface area contributed by atoms with E-state index in [1.165, 1.54) is 24.5 Å². The van der Waals surface area contributed by atoms with E-state index in [1.54, 1.807) is 13.8 Å². The number of nitro groups is 1. The van der Waals surface area contributed by atoms with Crippen LogP contribution in [0.3, 0.4) is 0 Å². The van der Waals surface area contributed by atoms with Crippen molar-refractivity contribution in [3.8, 4) is 0 Å². The molecule has 0 heterocycles. The molecule has 8 heteroatoms. The van der Waals surface area contributed by atoms with Gasteiger partial charge in [-0.3, -0.25) is 10.1 Å². The predicted octanol–water partition coefficient (Wildman–Crippen LogP) is 1.41. The molecule has 0 aliphatic heterocycles. The minimum Gasteiger partial charge on any atom is -0.393 e. The summed E-state index contributed by atoms with van der Waals surface area (Å²) < 4.78 is 22.1. The molecule has 1 aromatic rings. The summed E-state index contributed by atoms with van der Waals surface area (Å²) in [5.74, 6) is 0. The average molecular weight is 287 g/mol. The monoisotopic (exact) mass is 287 g/mol. The number of hydrogen-bond acceptors (Lipinski definition) is 6. The third kappa shape index (κ3) is 3.57. The topological polar surface area (TPSA) is 115 Å². The SMILES string of the molecule is CC(C)(CNc1ccc([N+](=O)[O-])c(N)c1)S(C)(=O)=O. The first-order chi connectivity index (χ1) is 8.54. The molecule has 0 aliphatic carbocycles. The summed E-state index contributed by atoms with van der Waals surface area (Å²) in [7, 11) is -3.21. The summed E-state index contributed by atoms with van der Waals surface area (Å²) in [5, 5.41) is 13.5. The summed E-state index contributed by atoms with van der Waals surface area (Å²) >= 11 is 0. The summed E-state index contributed by atoms with van der Waals surface area (Å²) in [6.07, 6.45) is 1.17. The van der Waals surface area contributed by atoms with Gasteiger partial charge in [-0.05, 0) is 26.0 Å². The Morgan fingerprint density at radius 2 is 2.00 bits per heavy atom. The minimum atomic E-state index is -3.21. The van der Waals surface area contributed by atoms with Gasteiger partial charge in [0.1, 0.15) is 5.69 Å². The van der Waals surface area contributed by atoms with Crippen molar-refractivity contribution in [3.05, 3.63) is 28.3 Å². The smallest absolute Gasteiger partial charge is 0.292 e. The predicted molar refractivity (Wildman–Crippen MR) is 74.9 cm³/mol. The van der Waals surface area contributed by atoms with Crippen molar-refractivity contribution < 1.29 is 13.3 Å². The summed E-state index contributed by atoms with van der Waals surface area (Å²) in [5.41, 5.74) is 5.95. The molecular formula is C11H17N3O4S. The fraction of sp³-hybridized carbons (Fsp3) is 0.455. The van der Waals surface area contributed by atoms with Gasteiger partial charge in [-0.2, -0.15) is 0 Å². The molecule has 0 radical (unpaired) electrons. The maximum atomic E-state index is 11.5. The van der Waals surface area contributed by atoms with E-state index in [1.807, 2.05) is 0 Å². The van der Waals surface area contributed by atoms with Crippen LogP contribution in [-0.4, -0.2) is 30.9 Å². The van der Waals surface area contributed by atoms with Gasteiger partial charge in [-0.15, -0.1) is 0 Å². The second kappa shape index (κ2) is 5.04. The second-order valence-electron chi connectivity index (χ2n) is 4.92. The molecule has 0 spiro atoms. The fourth-order valence-electron chi connectivity index (χ4n) is 1.28. The van der Waals surface area contributed by atoms with Crippen LogP contribution in [0.1, 0.15) is 13.8 Å². The molecule has 0 aromatic heterocycles. The van der Waals surface area contributed by atoms with Crippen LogP contribution < -0.4 is 11.1 Å². The molecule has 1 aromatic carbocycles. The lowest BCUT2D eigenvalue weighted by Crippen LogP contribution is -2.38. The molecule has 0 bridgehead atoms. The zero-order chi connectivity index (χ0) is 14.8. The van der Waals surface area contributed by atoms with Crippen molar-refractivity contribution >= 4 is 26.9 Å². The highest BCUT2D eigenvalue weighted by molar-refractivity contribution is 7.92. The van der Waals surface area contributed by atoms with Gasteiger partial charge in [0.25, 0.3) is 5.69 Å². The first-order valence-corrected chi connectivity index (χ1v) is 7.41. The fourth-order valence-corrected chi connectivity index (χ4v) is 1.61. The molecule has 7 nitrogen and oxygen atoms in total. The number of hydrogen-bond donors (Lipinski definition) is 2. The number of sulfone groups is 1. The van der Waals surface area contributed by atoms with E-state index in [0.29, 0.717) is 5.69 Å². The van der Waals surface area contributed by atoms with Crippen LogP contribution in [0, 0.1) is 10.1 Å². The first-order valence-electron chi connectivity index (χ1n) is 5.52. The molecule has 0 amide bonds. The molecule has 0 saturated heterocycles. The summed E-state index contributed by atoms with van der Waals surface area (Å²) in [6.45, 7) is 3.39. The van der Waals surface area contributed by atoms with Crippen LogP contribution in [0.2, 0.25) is 0 Å². The van der Waals surface area contributed by atoms with Gasteiger partial charge < -0.3 is 11.1 Å². The van der Waals surface area contributed by atoms with Crippen molar-refractivity contribution in [1.82, 2.24) is 0 Å². The van der Waals surface area contributed by atoms with Gasteiger partial charge in [-0.1, -0.05) is 0 Å². The number of nitrogens with zero attached hydrogens (tertiary/aromatic N) is 1. The Bertz CT molecular complexity index is 596. The second-order valence-corrected chi connectivity index (χ2v) is 7.57. The Hall–Kier alpha value is -1.83. The molecule has 0 fully saturated rings. The highest BCUT2D eigenvalue weighted by Crippen LogP contribution is 2.25. The first kappa shape index (κ1) is 15.2. The third-order valence-electron chi connectivity index (χ3n) is 2.95. The average Bonchev–Trinajstić information content (AvgIpc) is 2.24. The summed E-state index contributed by atoms with van der Waals surface area (Å²) in [6, 6.07) is 4.19. The van der Waals surface area contributed by atoms with Crippen molar-refractivity contribution in [2.75, 3.05) is 23.9 Å². The Morgan fingerprint density at radius 1 is 1.42 bits per heavy atom. The largest absolute Gasteiger partial charge is 0.393 e. The number of rotatable bonds is 5. The normalized spacial score (nSPS) is 12.2. The van der Waals surface area contributed by atoms with Gasteiger partial charge >= 0.3 is 0 Å². The number of nitro benzene ring substituents is 1. The van der Waals surface area contributed by atoms with E-state index in [-0.39, 0.29) is 17.9 Å². The maximum absolute atomic E-state index is 11.5. The van der Waals surface area contributed by atoms with E-state index in [0.717, 1.165) is 0 Å². The molecule has 3 N–H and O–H groups in total. The lowest BCUT2D eigenvalue weighted by atomic mass is 10.2. The quantitative estimate of drug-likeness (QED) is 0.480. The van der Waals surface area contributed by atoms with Crippen molar-refractivity contribution in [1.29, 1.82) is 0 Å². The van der Waals surface area contributed by atoms with Crippen molar-refractivity contribution in [3.63, 3.8) is 0 Å². The molecule has 19 heavy (non-hydrogen) atoms. The minimum absolute atomic E-state index is 0.0344. The van der Waals surface area contributed by atoms with Crippen LogP contribution in [0.4, 0.5) is 17.1 Å². The van der Waals surface area contributed by atoms with Crippen LogP contribution in [0.15, 0.2) is 18.2 Å². The highest BCUT2D eigenvalue weighted by atomic mass is 32.2. The van der Waals surface area contributed by atoms with Crippen LogP contribution >= 0.6 is 0 Å². The number of benzene rings is 1. The number of nitrogen functional groups attached to an aromatic ring is 1. The van der Waals surface area contributed by atoms with E-state index in [4.69, 9.17) is 5.73 Å². The highest BCUT2D eigenvalue weighted by Gasteiger charge is 2.29. The molecule has 0 unspecified atom stereocenters. The van der Waals surface area contributed by atoms with Crippen molar-refractivity contribution in [2.24, 2.45) is 0 Å². The lowest BCUT2D eigenvalue weighted by Gasteiger charge is -2.23. The Balaban J connectivity index is 2.86. The number of anilines is 2. The Labute approximate surface area is 111 Å². The standard InChI is InChI=1S/C11H17N3O4S/c1-11(2,19(3,17)18)7-13-8-4-5-10(14(15)16)9(12)6-8/h4-6,13H,7,12H2,1-3H3. The van der Waals surface area contributed by atoms with Crippen LogP contribution in [0.5, 0.6) is 0 Å². The number of nitrogens with two attached hydrogens (primary N) is 1. The molecule has 106 valence electrons. The van der Waals surface area contributed by atoms with Gasteiger partial charge in [0.15, 0.2) is 9.84 Å². The zero-order valence-corrected chi connectivity index (χ0v) is 11.8. The van der Waals surface area contributed by atoms with Gasteiger partial charge in [0.05, 0.1) is 9.67 Å². The Kier molecular flexibility index (Phi) is 4.04. The van der Waals surface area contributed by atoms with E-state index in [9.17, 15) is 18.5 Å². The van der Waals surface area contributed by atoms with Crippen LogP contribution in [-0.2, 0) is 9.84 Å². The maximum Gasteiger partial charge on any atom is 0.292 e. The van der Waals surface area contributed by atoms with E-state index in [2.05, 4.69) is 5.32 Å². The molecule has 0 saturated carbocycles. The van der Waals surface area contributed by atoms with Crippen LogP contribution in [0.25, 0.3) is 0 Å². The molecule has 1 rings (SSSR count). The summed E-state index contributed by atoms with van der Waals surface area (Å²) in [4.78, 5) is 10.0. The molecule has 0 atom stereocenters. The van der Waals surface area contributed by atoms with E-state index >= 15 is 0 Å². The van der Waals surface area contributed by atoms with Gasteiger partial charge in [0, 0.05) is 24.6 Å².